The molecular formula is C10H6Cl2N2O. The maximum absolute atomic E-state index is 11.5. The summed E-state index contributed by atoms with van der Waals surface area (Å²) in [4.78, 5) is 11.5. The number of nitrogens with zero attached hydrogens (tertiary/aromatic N) is 2. The molecule has 0 aliphatic carbocycles. The van der Waals surface area contributed by atoms with Crippen molar-refractivity contribution in [3.8, 4) is 5.69 Å². The lowest BCUT2D eigenvalue weighted by atomic mass is 10.3. The van der Waals surface area contributed by atoms with Crippen LogP contribution in [-0.2, 0) is 0 Å². The Balaban J connectivity index is 2.59. The molecule has 0 atom stereocenters. The van der Waals surface area contributed by atoms with E-state index in [1.54, 1.807) is 24.3 Å². The van der Waals surface area contributed by atoms with E-state index in [1.807, 2.05) is 0 Å². The minimum atomic E-state index is -0.287. The molecule has 76 valence electrons. The maximum atomic E-state index is 11.5. The van der Waals surface area contributed by atoms with Crippen LogP contribution in [0.2, 0.25) is 10.0 Å². The molecule has 0 unspecified atom stereocenters. The van der Waals surface area contributed by atoms with Crippen molar-refractivity contribution < 1.29 is 0 Å². The van der Waals surface area contributed by atoms with Crippen LogP contribution in [0.5, 0.6) is 0 Å². The number of hydrogen-bond acceptors (Lipinski definition) is 2. The van der Waals surface area contributed by atoms with Gasteiger partial charge in [0.2, 0.25) is 0 Å². The van der Waals surface area contributed by atoms with E-state index in [4.69, 9.17) is 23.2 Å². The highest BCUT2D eigenvalue weighted by Crippen LogP contribution is 2.12. The Labute approximate surface area is 95.9 Å². The molecule has 1 aromatic carbocycles. The second-order valence-corrected chi connectivity index (χ2v) is 3.78. The SMILES string of the molecule is O=c1cc(Cl)cnn1-c1cccc(Cl)c1. The Kier molecular flexibility index (Phi) is 2.75. The lowest BCUT2D eigenvalue weighted by Crippen LogP contribution is -2.19. The summed E-state index contributed by atoms with van der Waals surface area (Å²) in [5.74, 6) is 0. The van der Waals surface area contributed by atoms with Crippen LogP contribution in [0.1, 0.15) is 0 Å². The molecule has 15 heavy (non-hydrogen) atoms. The zero-order chi connectivity index (χ0) is 10.8. The average Bonchev–Trinajstić information content (AvgIpc) is 2.17. The average molecular weight is 241 g/mol. The van der Waals surface area contributed by atoms with Gasteiger partial charge in [0.15, 0.2) is 0 Å². The lowest BCUT2D eigenvalue weighted by molar-refractivity contribution is 0.807. The molecule has 2 rings (SSSR count). The second-order valence-electron chi connectivity index (χ2n) is 2.90. The van der Waals surface area contributed by atoms with E-state index in [9.17, 15) is 4.79 Å². The minimum absolute atomic E-state index is 0.287. The second kappa shape index (κ2) is 4.04. The van der Waals surface area contributed by atoms with Crippen LogP contribution in [0.3, 0.4) is 0 Å². The molecule has 1 heterocycles. The summed E-state index contributed by atoms with van der Waals surface area (Å²) >= 11 is 11.4. The fourth-order valence-corrected chi connectivity index (χ4v) is 1.51. The van der Waals surface area contributed by atoms with Crippen LogP contribution in [0.15, 0.2) is 41.3 Å². The Morgan fingerprint density at radius 3 is 2.60 bits per heavy atom. The summed E-state index contributed by atoms with van der Waals surface area (Å²) < 4.78 is 1.23. The third-order valence-electron chi connectivity index (χ3n) is 1.82. The van der Waals surface area contributed by atoms with Crippen LogP contribution in [0.25, 0.3) is 5.69 Å². The molecule has 0 spiro atoms. The van der Waals surface area contributed by atoms with Crippen LogP contribution >= 0.6 is 23.2 Å². The quantitative estimate of drug-likeness (QED) is 0.768. The van der Waals surface area contributed by atoms with Crippen molar-refractivity contribution in [1.82, 2.24) is 9.78 Å². The Bertz CT molecular complexity index is 551. The highest BCUT2D eigenvalue weighted by molar-refractivity contribution is 6.30. The predicted octanol–water partition coefficient (Wildman–Crippen LogP) is 2.54. The molecular weight excluding hydrogens is 235 g/mol. The first-order valence-corrected chi connectivity index (χ1v) is 4.93. The fraction of sp³-hybridized carbons (Fsp3) is 0. The van der Waals surface area contributed by atoms with Crippen molar-refractivity contribution in [3.63, 3.8) is 0 Å². The van der Waals surface area contributed by atoms with Gasteiger partial charge in [-0.3, -0.25) is 4.79 Å². The van der Waals surface area contributed by atoms with Crippen molar-refractivity contribution in [3.05, 3.63) is 56.9 Å². The van der Waals surface area contributed by atoms with Crippen molar-refractivity contribution in [1.29, 1.82) is 0 Å². The number of aromatic nitrogens is 2. The molecule has 0 radical (unpaired) electrons. The molecule has 0 bridgehead atoms. The molecule has 0 aliphatic heterocycles. The van der Waals surface area contributed by atoms with E-state index in [-0.39, 0.29) is 5.56 Å². The third kappa shape index (κ3) is 2.19. The van der Waals surface area contributed by atoms with Gasteiger partial charge in [0.25, 0.3) is 5.56 Å². The van der Waals surface area contributed by atoms with Crippen LogP contribution in [-0.4, -0.2) is 9.78 Å². The standard InChI is InChI=1S/C10H6Cl2N2O/c11-7-2-1-3-9(4-7)14-10(15)5-8(12)6-13-14/h1-6H. The number of hydrogen-bond donors (Lipinski definition) is 0. The van der Waals surface area contributed by atoms with Gasteiger partial charge >= 0.3 is 0 Å². The molecule has 0 N–H and O–H groups in total. The summed E-state index contributed by atoms with van der Waals surface area (Å²) in [5, 5.41) is 4.77. The summed E-state index contributed by atoms with van der Waals surface area (Å²) in [6, 6.07) is 8.18. The van der Waals surface area contributed by atoms with E-state index in [0.717, 1.165) is 0 Å². The number of benzene rings is 1. The first kappa shape index (κ1) is 10.2. The Morgan fingerprint density at radius 2 is 1.93 bits per heavy atom. The van der Waals surface area contributed by atoms with E-state index in [0.29, 0.717) is 15.7 Å². The van der Waals surface area contributed by atoms with Crippen molar-refractivity contribution in [2.24, 2.45) is 0 Å². The first-order valence-electron chi connectivity index (χ1n) is 4.17. The lowest BCUT2D eigenvalue weighted by Gasteiger charge is -2.03. The summed E-state index contributed by atoms with van der Waals surface area (Å²) in [6.45, 7) is 0. The monoisotopic (exact) mass is 240 g/mol. The Hall–Kier alpha value is -1.32. The molecule has 5 heteroatoms. The first-order chi connectivity index (χ1) is 7.16. The maximum Gasteiger partial charge on any atom is 0.272 e. The van der Waals surface area contributed by atoms with Crippen LogP contribution in [0.4, 0.5) is 0 Å². The molecule has 0 amide bonds. The molecule has 0 saturated carbocycles. The molecule has 0 saturated heterocycles. The number of rotatable bonds is 1. The zero-order valence-corrected chi connectivity index (χ0v) is 9.03. The molecule has 0 aliphatic rings. The van der Waals surface area contributed by atoms with Gasteiger partial charge in [0.05, 0.1) is 16.9 Å². The third-order valence-corrected chi connectivity index (χ3v) is 2.26. The Morgan fingerprint density at radius 1 is 1.13 bits per heavy atom. The molecule has 0 fully saturated rings. The zero-order valence-electron chi connectivity index (χ0n) is 7.52. The largest absolute Gasteiger partial charge is 0.272 e. The van der Waals surface area contributed by atoms with Gasteiger partial charge in [0.1, 0.15) is 0 Å². The molecule has 3 nitrogen and oxygen atoms in total. The summed E-state index contributed by atoms with van der Waals surface area (Å²) in [5.41, 5.74) is 0.328. The molecule has 1 aromatic heterocycles. The fourth-order valence-electron chi connectivity index (χ4n) is 1.19. The predicted molar refractivity (Wildman–Crippen MR) is 59.9 cm³/mol. The highest BCUT2D eigenvalue weighted by Gasteiger charge is 2.01. The minimum Gasteiger partial charge on any atom is -0.267 e. The van der Waals surface area contributed by atoms with Gasteiger partial charge in [-0.05, 0) is 18.2 Å². The van der Waals surface area contributed by atoms with Crippen LogP contribution in [0, 0.1) is 0 Å². The number of halogens is 2. The highest BCUT2D eigenvalue weighted by atomic mass is 35.5. The van der Waals surface area contributed by atoms with Crippen molar-refractivity contribution in [2.45, 2.75) is 0 Å². The van der Waals surface area contributed by atoms with E-state index in [1.165, 1.54) is 16.9 Å². The van der Waals surface area contributed by atoms with Crippen molar-refractivity contribution in [2.75, 3.05) is 0 Å². The van der Waals surface area contributed by atoms with Gasteiger partial charge in [-0.25, -0.2) is 0 Å². The van der Waals surface area contributed by atoms with Gasteiger partial charge in [0, 0.05) is 11.1 Å². The van der Waals surface area contributed by atoms with E-state index in [2.05, 4.69) is 5.10 Å². The summed E-state index contributed by atoms with van der Waals surface area (Å²) in [7, 11) is 0. The smallest absolute Gasteiger partial charge is 0.267 e. The van der Waals surface area contributed by atoms with Gasteiger partial charge in [-0.15, -0.1) is 0 Å². The van der Waals surface area contributed by atoms with E-state index >= 15 is 0 Å². The van der Waals surface area contributed by atoms with Gasteiger partial charge in [-0.1, -0.05) is 29.3 Å². The van der Waals surface area contributed by atoms with Crippen molar-refractivity contribution >= 4 is 23.2 Å². The van der Waals surface area contributed by atoms with Gasteiger partial charge in [-0.2, -0.15) is 9.78 Å². The topological polar surface area (TPSA) is 34.9 Å². The summed E-state index contributed by atoms with van der Waals surface area (Å²) in [6.07, 6.45) is 1.41. The van der Waals surface area contributed by atoms with E-state index < -0.39 is 0 Å². The normalized spacial score (nSPS) is 10.3. The van der Waals surface area contributed by atoms with Crippen LogP contribution < -0.4 is 5.56 Å². The van der Waals surface area contributed by atoms with Gasteiger partial charge < -0.3 is 0 Å². The molecule has 2 aromatic rings.